The molecule has 0 amide bonds. The lowest BCUT2D eigenvalue weighted by atomic mass is 10.1. The van der Waals surface area contributed by atoms with Gasteiger partial charge in [-0.05, 0) is 38.0 Å². The van der Waals surface area contributed by atoms with Crippen LogP contribution in [-0.2, 0) is 7.05 Å². The van der Waals surface area contributed by atoms with Crippen LogP contribution in [-0.4, -0.2) is 19.3 Å². The van der Waals surface area contributed by atoms with Gasteiger partial charge in [0.15, 0.2) is 0 Å². The second kappa shape index (κ2) is 7.56. The summed E-state index contributed by atoms with van der Waals surface area (Å²) in [7, 11) is 1.89. The first kappa shape index (κ1) is 18.9. The molecule has 5 nitrogen and oxygen atoms in total. The number of rotatable bonds is 2. The Morgan fingerprint density at radius 3 is 2.59 bits per heavy atom. The van der Waals surface area contributed by atoms with Crippen molar-refractivity contribution < 1.29 is 0 Å². The van der Waals surface area contributed by atoms with Gasteiger partial charge >= 0.3 is 0 Å². The largest absolute Gasteiger partial charge is 0.272 e. The average Bonchev–Trinajstić information content (AvgIpc) is 3.04. The minimum Gasteiger partial charge on any atom is -0.272 e. The zero-order valence-corrected chi connectivity index (χ0v) is 17.2. The van der Waals surface area contributed by atoms with Crippen LogP contribution in [0.2, 0.25) is 0 Å². The molecule has 3 aromatic rings. The van der Waals surface area contributed by atoms with E-state index in [2.05, 4.69) is 42.9 Å². The highest BCUT2D eigenvalue weighted by Crippen LogP contribution is 2.23. The zero-order chi connectivity index (χ0) is 20.5. The molecule has 0 unspecified atom stereocenters. The Hall–Kier alpha value is -3.39. The first-order valence-electron chi connectivity index (χ1n) is 9.90. The lowest BCUT2D eigenvalue weighted by Gasteiger charge is -2.18. The van der Waals surface area contributed by atoms with Crippen LogP contribution in [0.1, 0.15) is 55.3 Å². The summed E-state index contributed by atoms with van der Waals surface area (Å²) in [6.45, 7) is 6.10. The van der Waals surface area contributed by atoms with E-state index in [1.807, 2.05) is 38.2 Å². The van der Waals surface area contributed by atoms with E-state index in [4.69, 9.17) is 4.98 Å². The minimum absolute atomic E-state index is 0.0655. The van der Waals surface area contributed by atoms with E-state index in [-0.39, 0.29) is 11.5 Å². The molecule has 0 radical (unpaired) electrons. The summed E-state index contributed by atoms with van der Waals surface area (Å²) in [6, 6.07) is 5.68. The zero-order valence-electron chi connectivity index (χ0n) is 17.2. The maximum absolute atomic E-state index is 13.6. The molecule has 0 atom stereocenters. The van der Waals surface area contributed by atoms with Gasteiger partial charge in [0.1, 0.15) is 5.82 Å². The van der Waals surface area contributed by atoms with Crippen molar-refractivity contribution in [2.75, 3.05) is 0 Å². The number of nitrogens with zero attached hydrogens (tertiary/aromatic N) is 4. The van der Waals surface area contributed by atoms with Crippen LogP contribution < -0.4 is 5.56 Å². The van der Waals surface area contributed by atoms with Crippen LogP contribution >= 0.6 is 0 Å². The molecule has 1 aliphatic carbocycles. The van der Waals surface area contributed by atoms with E-state index in [1.54, 1.807) is 15.4 Å². The molecule has 0 bridgehead atoms. The molecule has 0 aliphatic heterocycles. The second-order valence-corrected chi connectivity index (χ2v) is 7.59. The number of hydrogen-bond acceptors (Lipinski definition) is 3. The predicted octanol–water partition coefficient (Wildman–Crippen LogP) is 4.15. The van der Waals surface area contributed by atoms with Crippen molar-refractivity contribution in [2.45, 2.75) is 39.5 Å². The molecule has 5 heteroatoms. The molecule has 0 saturated heterocycles. The van der Waals surface area contributed by atoms with Crippen LogP contribution in [0, 0.1) is 18.8 Å². The molecule has 146 valence electrons. The maximum atomic E-state index is 13.6. The average molecular weight is 384 g/mol. The van der Waals surface area contributed by atoms with Gasteiger partial charge in [0.2, 0.25) is 0 Å². The molecule has 1 aliphatic rings. The van der Waals surface area contributed by atoms with E-state index in [0.29, 0.717) is 16.5 Å². The quantitative estimate of drug-likeness (QED) is 0.624. The van der Waals surface area contributed by atoms with Gasteiger partial charge in [0, 0.05) is 24.2 Å². The molecule has 4 rings (SSSR count). The first-order chi connectivity index (χ1) is 14.0. The summed E-state index contributed by atoms with van der Waals surface area (Å²) < 4.78 is 3.54. The number of benzene rings is 1. The molecular formula is C24H24N4O. The second-order valence-electron chi connectivity index (χ2n) is 7.59. The molecule has 1 aromatic carbocycles. The van der Waals surface area contributed by atoms with E-state index in [0.717, 1.165) is 35.6 Å². The number of hydrogen-bond donors (Lipinski definition) is 0. The van der Waals surface area contributed by atoms with Crippen LogP contribution in [0.3, 0.4) is 0 Å². The molecule has 0 N–H and O–H groups in total. The molecule has 0 fully saturated rings. The monoisotopic (exact) mass is 384 g/mol. The molecule has 0 saturated carbocycles. The van der Waals surface area contributed by atoms with Gasteiger partial charge in [-0.3, -0.25) is 14.0 Å². The highest BCUT2D eigenvalue weighted by atomic mass is 16.1. The van der Waals surface area contributed by atoms with E-state index < -0.39 is 0 Å². The Morgan fingerprint density at radius 1 is 1.14 bits per heavy atom. The third-order valence-electron chi connectivity index (χ3n) is 5.24. The standard InChI is InChI=1S/C24H24N4O/c1-16(2)23-26-21-12-8-9-18(13-14-19-15-25-27(4)17(19)3)22(21)24(29)28(23)20-10-6-5-7-11-20/h6,8-12,15-16H,5,7H2,1-4H3. The predicted molar refractivity (Wildman–Crippen MR) is 117 cm³/mol. The van der Waals surface area contributed by atoms with Crippen molar-refractivity contribution >= 4 is 16.6 Å². The van der Waals surface area contributed by atoms with Gasteiger partial charge in [-0.1, -0.05) is 43.9 Å². The van der Waals surface area contributed by atoms with Crippen LogP contribution in [0.4, 0.5) is 0 Å². The van der Waals surface area contributed by atoms with Gasteiger partial charge in [0.05, 0.1) is 28.4 Å². The van der Waals surface area contributed by atoms with E-state index in [1.165, 1.54) is 0 Å². The van der Waals surface area contributed by atoms with Crippen molar-refractivity contribution in [3.05, 3.63) is 75.6 Å². The van der Waals surface area contributed by atoms with Crippen LogP contribution in [0.15, 0.2) is 47.4 Å². The fraction of sp³-hybridized carbons (Fsp3) is 0.292. The normalized spacial score (nSPS) is 13.5. The Balaban J connectivity index is 1.97. The van der Waals surface area contributed by atoms with Gasteiger partial charge in [-0.15, -0.1) is 0 Å². The first-order valence-corrected chi connectivity index (χ1v) is 9.90. The number of allylic oxidation sites excluding steroid dienone is 4. The number of fused-ring (bicyclic) bond motifs is 1. The molecule has 2 aromatic heterocycles. The third kappa shape index (κ3) is 3.42. The lowest BCUT2D eigenvalue weighted by molar-refractivity contribution is 0.729. The third-order valence-corrected chi connectivity index (χ3v) is 5.24. The Labute approximate surface area is 170 Å². The van der Waals surface area contributed by atoms with Gasteiger partial charge in [-0.25, -0.2) is 4.98 Å². The minimum atomic E-state index is -0.0655. The lowest BCUT2D eigenvalue weighted by Crippen LogP contribution is -2.26. The van der Waals surface area contributed by atoms with Crippen molar-refractivity contribution in [1.29, 1.82) is 0 Å². The highest BCUT2D eigenvalue weighted by molar-refractivity contribution is 5.85. The fourth-order valence-corrected chi connectivity index (χ4v) is 3.51. The fourth-order valence-electron chi connectivity index (χ4n) is 3.51. The Morgan fingerprint density at radius 2 is 1.93 bits per heavy atom. The van der Waals surface area contributed by atoms with Crippen molar-refractivity contribution in [3.8, 4) is 11.8 Å². The Kier molecular flexibility index (Phi) is 4.94. The van der Waals surface area contributed by atoms with Crippen LogP contribution in [0.25, 0.3) is 16.6 Å². The number of aryl methyl sites for hydroxylation is 1. The van der Waals surface area contributed by atoms with Gasteiger partial charge in [-0.2, -0.15) is 5.10 Å². The number of aromatic nitrogens is 4. The summed E-state index contributed by atoms with van der Waals surface area (Å²) in [5.41, 5.74) is 4.05. The van der Waals surface area contributed by atoms with Gasteiger partial charge < -0.3 is 0 Å². The summed E-state index contributed by atoms with van der Waals surface area (Å²) >= 11 is 0. The SMILES string of the molecule is Cc1c(C#Cc2cccc3nc(C(C)C)n(C4=CCCC=C4)c(=O)c23)cnn1C. The summed E-state index contributed by atoms with van der Waals surface area (Å²) in [4.78, 5) is 18.5. The smallest absolute Gasteiger partial charge is 0.267 e. The Bertz CT molecular complexity index is 1280. The van der Waals surface area contributed by atoms with Crippen molar-refractivity contribution in [2.24, 2.45) is 7.05 Å². The summed E-state index contributed by atoms with van der Waals surface area (Å²) in [6.07, 6.45) is 9.89. The molecule has 29 heavy (non-hydrogen) atoms. The van der Waals surface area contributed by atoms with E-state index in [9.17, 15) is 4.79 Å². The van der Waals surface area contributed by atoms with E-state index >= 15 is 0 Å². The van der Waals surface area contributed by atoms with Gasteiger partial charge in [0.25, 0.3) is 5.56 Å². The topological polar surface area (TPSA) is 52.7 Å². The molecule has 0 spiro atoms. The highest BCUT2D eigenvalue weighted by Gasteiger charge is 2.18. The van der Waals surface area contributed by atoms with Crippen molar-refractivity contribution in [3.63, 3.8) is 0 Å². The molecule has 2 heterocycles. The summed E-state index contributed by atoms with van der Waals surface area (Å²) in [5.74, 6) is 7.24. The molecular weight excluding hydrogens is 360 g/mol. The maximum Gasteiger partial charge on any atom is 0.267 e. The van der Waals surface area contributed by atoms with Crippen LogP contribution in [0.5, 0.6) is 0 Å². The van der Waals surface area contributed by atoms with Crippen molar-refractivity contribution in [1.82, 2.24) is 19.3 Å². The summed E-state index contributed by atoms with van der Waals surface area (Å²) in [5, 5.41) is 4.80.